The minimum Gasteiger partial charge on any atom is -0.339 e. The molecule has 2 aliphatic rings. The van der Waals surface area contributed by atoms with Crippen molar-refractivity contribution in [1.82, 2.24) is 19.8 Å². The van der Waals surface area contributed by atoms with Gasteiger partial charge in [-0.25, -0.2) is 4.98 Å². The number of nitrogens with two attached hydrogens (primary N) is 1. The van der Waals surface area contributed by atoms with Crippen LogP contribution >= 0.6 is 36.2 Å². The monoisotopic (exact) mass is 461 g/mol. The van der Waals surface area contributed by atoms with E-state index in [4.69, 9.17) is 10.7 Å². The number of rotatable bonds is 3. The highest BCUT2D eigenvalue weighted by molar-refractivity contribution is 7.18. The standard InChI is InChI=1S/C19H27N5O2S.2ClH/c1-19(2,20)18(26)24-9-7-23(8-10-24)11-14-21-16(25)15-12-5-3-4-6-13(12)27-17(15)22-14;;/h3-11,20H2,1-2H3,(H,21,22,25);2*1H. The first kappa shape index (κ1) is 24.1. The fourth-order valence-corrected chi connectivity index (χ4v) is 5.29. The molecule has 7 nitrogen and oxygen atoms in total. The van der Waals surface area contributed by atoms with Gasteiger partial charge in [0.05, 0.1) is 17.5 Å². The minimum atomic E-state index is -0.835. The molecule has 1 aliphatic heterocycles. The number of hydrogen-bond acceptors (Lipinski definition) is 6. The Labute approximate surface area is 186 Å². The van der Waals surface area contributed by atoms with Gasteiger partial charge in [-0.3, -0.25) is 14.5 Å². The molecule has 2 aromatic heterocycles. The van der Waals surface area contributed by atoms with Gasteiger partial charge in [-0.2, -0.15) is 0 Å². The second-order valence-electron chi connectivity index (χ2n) is 8.19. The number of aromatic nitrogens is 2. The van der Waals surface area contributed by atoms with Gasteiger partial charge in [-0.1, -0.05) is 0 Å². The molecule has 3 N–H and O–H groups in total. The molecular formula is C19H29Cl2N5O2S. The third-order valence-electron chi connectivity index (χ3n) is 5.46. The minimum absolute atomic E-state index is 0. The summed E-state index contributed by atoms with van der Waals surface area (Å²) in [5.41, 5.74) is 6.30. The molecule has 1 saturated heterocycles. The Bertz CT molecular complexity index is 929. The van der Waals surface area contributed by atoms with Crippen LogP contribution < -0.4 is 11.3 Å². The predicted octanol–water partition coefficient (Wildman–Crippen LogP) is 2.09. The van der Waals surface area contributed by atoms with E-state index < -0.39 is 5.54 Å². The molecule has 1 aliphatic carbocycles. The number of aromatic amines is 1. The molecule has 0 radical (unpaired) electrons. The zero-order chi connectivity index (χ0) is 19.2. The van der Waals surface area contributed by atoms with E-state index in [2.05, 4.69) is 9.88 Å². The summed E-state index contributed by atoms with van der Waals surface area (Å²) in [5.74, 6) is 0.698. The number of thiophene rings is 1. The highest BCUT2D eigenvalue weighted by atomic mass is 35.5. The van der Waals surface area contributed by atoms with Crippen molar-refractivity contribution in [2.75, 3.05) is 26.2 Å². The molecule has 1 fully saturated rings. The second-order valence-corrected chi connectivity index (χ2v) is 9.28. The van der Waals surface area contributed by atoms with E-state index in [0.29, 0.717) is 25.5 Å². The van der Waals surface area contributed by atoms with Crippen LogP contribution in [0.4, 0.5) is 0 Å². The number of piperazine rings is 1. The molecule has 0 aromatic carbocycles. The Morgan fingerprint density at radius 3 is 2.48 bits per heavy atom. The molecular weight excluding hydrogens is 433 g/mol. The van der Waals surface area contributed by atoms with E-state index >= 15 is 0 Å². The SMILES string of the molecule is CC(C)(N)C(=O)N1CCN(Cc2nc3sc4c(c3c(=O)[nH]2)CCCC4)CC1.Cl.Cl. The van der Waals surface area contributed by atoms with E-state index in [9.17, 15) is 9.59 Å². The lowest BCUT2D eigenvalue weighted by atomic mass is 9.97. The van der Waals surface area contributed by atoms with Gasteiger partial charge in [0.2, 0.25) is 5.91 Å². The summed E-state index contributed by atoms with van der Waals surface area (Å²) in [7, 11) is 0. The Morgan fingerprint density at radius 2 is 1.83 bits per heavy atom. The van der Waals surface area contributed by atoms with Crippen molar-refractivity contribution >= 4 is 52.3 Å². The number of nitrogens with one attached hydrogen (secondary N) is 1. The third kappa shape index (κ3) is 4.94. The number of hydrogen-bond donors (Lipinski definition) is 2. The number of aryl methyl sites for hydroxylation is 2. The number of nitrogens with zero attached hydrogens (tertiary/aromatic N) is 3. The van der Waals surface area contributed by atoms with Crippen molar-refractivity contribution in [3.63, 3.8) is 0 Å². The first-order valence-electron chi connectivity index (χ1n) is 9.67. The Hall–Kier alpha value is -1.19. The lowest BCUT2D eigenvalue weighted by molar-refractivity contribution is -0.137. The molecule has 0 spiro atoms. The molecule has 3 heterocycles. The van der Waals surface area contributed by atoms with Gasteiger partial charge in [-0.15, -0.1) is 36.2 Å². The molecule has 162 valence electrons. The summed E-state index contributed by atoms with van der Waals surface area (Å²) >= 11 is 1.68. The maximum absolute atomic E-state index is 12.7. The van der Waals surface area contributed by atoms with Gasteiger partial charge in [0.15, 0.2) is 0 Å². The second kappa shape index (κ2) is 9.31. The Kier molecular flexibility index (Phi) is 7.73. The van der Waals surface area contributed by atoms with Crippen LogP contribution in [0.1, 0.15) is 43.0 Å². The topological polar surface area (TPSA) is 95.3 Å². The van der Waals surface area contributed by atoms with Crippen molar-refractivity contribution in [2.24, 2.45) is 5.73 Å². The average Bonchev–Trinajstić information content (AvgIpc) is 2.99. The molecule has 0 atom stereocenters. The predicted molar refractivity (Wildman–Crippen MR) is 122 cm³/mol. The normalized spacial score (nSPS) is 17.4. The molecule has 29 heavy (non-hydrogen) atoms. The molecule has 0 bridgehead atoms. The summed E-state index contributed by atoms with van der Waals surface area (Å²) in [5, 5.41) is 0.805. The number of carbonyl (C=O) groups excluding carboxylic acids is 1. The van der Waals surface area contributed by atoms with Crippen molar-refractivity contribution in [3.8, 4) is 0 Å². The van der Waals surface area contributed by atoms with Crippen molar-refractivity contribution in [2.45, 2.75) is 51.6 Å². The number of fused-ring (bicyclic) bond motifs is 3. The van der Waals surface area contributed by atoms with E-state index in [-0.39, 0.29) is 36.3 Å². The smallest absolute Gasteiger partial charge is 0.259 e. The summed E-state index contributed by atoms with van der Waals surface area (Å²) < 4.78 is 0. The van der Waals surface area contributed by atoms with Crippen molar-refractivity contribution < 1.29 is 4.79 Å². The van der Waals surface area contributed by atoms with Crippen LogP contribution in [0, 0.1) is 0 Å². The van der Waals surface area contributed by atoms with Crippen LogP contribution in [0.2, 0.25) is 0 Å². The molecule has 1 amide bonds. The van der Waals surface area contributed by atoms with E-state index in [1.165, 1.54) is 16.9 Å². The van der Waals surface area contributed by atoms with Crippen LogP contribution in [-0.2, 0) is 24.2 Å². The summed E-state index contributed by atoms with van der Waals surface area (Å²) in [6.07, 6.45) is 4.42. The van der Waals surface area contributed by atoms with Gasteiger partial charge < -0.3 is 15.6 Å². The van der Waals surface area contributed by atoms with E-state index in [1.54, 1.807) is 25.2 Å². The summed E-state index contributed by atoms with van der Waals surface area (Å²) in [4.78, 5) is 38.9. The first-order valence-corrected chi connectivity index (χ1v) is 10.5. The number of carbonyl (C=O) groups is 1. The third-order valence-corrected chi connectivity index (χ3v) is 6.64. The van der Waals surface area contributed by atoms with Crippen molar-refractivity contribution in [3.05, 3.63) is 26.6 Å². The van der Waals surface area contributed by atoms with Gasteiger partial charge in [0.1, 0.15) is 10.7 Å². The fourth-order valence-electron chi connectivity index (χ4n) is 4.01. The van der Waals surface area contributed by atoms with E-state index in [0.717, 1.165) is 42.6 Å². The number of amides is 1. The average molecular weight is 462 g/mol. The van der Waals surface area contributed by atoms with Gasteiger partial charge in [-0.05, 0) is 45.1 Å². The zero-order valence-electron chi connectivity index (χ0n) is 16.8. The van der Waals surface area contributed by atoms with Crippen LogP contribution in [0.25, 0.3) is 10.2 Å². The van der Waals surface area contributed by atoms with Gasteiger partial charge in [0, 0.05) is 31.1 Å². The summed E-state index contributed by atoms with van der Waals surface area (Å²) in [6.45, 7) is 6.90. The zero-order valence-corrected chi connectivity index (χ0v) is 19.3. The Balaban J connectivity index is 0.00000150. The molecule has 10 heteroatoms. The van der Waals surface area contributed by atoms with E-state index in [1.807, 2.05) is 4.90 Å². The van der Waals surface area contributed by atoms with Crippen molar-refractivity contribution in [1.29, 1.82) is 0 Å². The Morgan fingerprint density at radius 1 is 1.17 bits per heavy atom. The first-order chi connectivity index (χ1) is 12.8. The number of halogens is 2. The fraction of sp³-hybridized carbons (Fsp3) is 0.632. The molecule has 0 unspecified atom stereocenters. The van der Waals surface area contributed by atoms with Crippen LogP contribution in [-0.4, -0.2) is 57.4 Å². The molecule has 2 aromatic rings. The quantitative estimate of drug-likeness (QED) is 0.729. The van der Waals surface area contributed by atoms with Crippen LogP contribution in [0.5, 0.6) is 0 Å². The largest absolute Gasteiger partial charge is 0.339 e. The number of H-pyrrole nitrogens is 1. The van der Waals surface area contributed by atoms with Crippen LogP contribution in [0.3, 0.4) is 0 Å². The molecule has 0 saturated carbocycles. The van der Waals surface area contributed by atoms with Gasteiger partial charge >= 0.3 is 0 Å². The lowest BCUT2D eigenvalue weighted by Crippen LogP contribution is -2.56. The van der Waals surface area contributed by atoms with Crippen LogP contribution in [0.15, 0.2) is 4.79 Å². The maximum atomic E-state index is 12.7. The molecule has 4 rings (SSSR count). The highest BCUT2D eigenvalue weighted by Gasteiger charge is 2.30. The maximum Gasteiger partial charge on any atom is 0.259 e. The highest BCUT2D eigenvalue weighted by Crippen LogP contribution is 2.33. The summed E-state index contributed by atoms with van der Waals surface area (Å²) in [6, 6.07) is 0. The lowest BCUT2D eigenvalue weighted by Gasteiger charge is -2.37. The van der Waals surface area contributed by atoms with Gasteiger partial charge in [0.25, 0.3) is 5.56 Å².